The van der Waals surface area contributed by atoms with Gasteiger partial charge in [0.2, 0.25) is 0 Å². The van der Waals surface area contributed by atoms with Gasteiger partial charge in [0, 0.05) is 28.4 Å². The lowest BCUT2D eigenvalue weighted by Gasteiger charge is -2.06. The molecule has 0 bridgehead atoms. The van der Waals surface area contributed by atoms with Crippen molar-refractivity contribution in [3.8, 4) is 11.1 Å². The van der Waals surface area contributed by atoms with Gasteiger partial charge in [0.15, 0.2) is 6.29 Å². The van der Waals surface area contributed by atoms with Crippen molar-refractivity contribution in [2.75, 3.05) is 0 Å². The van der Waals surface area contributed by atoms with Crippen molar-refractivity contribution in [2.24, 2.45) is 0 Å². The fourth-order valence-electron chi connectivity index (χ4n) is 2.25. The Balaban J connectivity index is 2.69. The molecular weight excluding hydrogens is 248 g/mol. The maximum atomic E-state index is 11.2. The van der Waals surface area contributed by atoms with Crippen LogP contribution in [0.2, 0.25) is 5.02 Å². The summed E-state index contributed by atoms with van der Waals surface area (Å²) in [7, 11) is 0. The first-order valence-electron chi connectivity index (χ1n) is 5.87. The fourth-order valence-corrected chi connectivity index (χ4v) is 2.43. The number of aldehydes is 1. The molecule has 2 rings (SSSR count). The molecule has 1 aromatic carbocycles. The van der Waals surface area contributed by atoms with E-state index in [1.165, 1.54) is 0 Å². The van der Waals surface area contributed by atoms with Crippen LogP contribution >= 0.6 is 11.6 Å². The molecule has 1 heterocycles. The van der Waals surface area contributed by atoms with E-state index >= 15 is 0 Å². The SMILES string of the molecule is CCn1nc(C)c(-c2ccc(Cl)cc2C=O)c1C. The van der Waals surface area contributed by atoms with Gasteiger partial charge in [-0.3, -0.25) is 9.48 Å². The minimum Gasteiger partial charge on any atom is -0.298 e. The minimum atomic E-state index is 0.569. The van der Waals surface area contributed by atoms with Gasteiger partial charge in [-0.25, -0.2) is 0 Å². The average Bonchev–Trinajstić information content (AvgIpc) is 2.64. The van der Waals surface area contributed by atoms with Crippen molar-refractivity contribution in [2.45, 2.75) is 27.3 Å². The number of carbonyl (C=O) groups excluding carboxylic acids is 1. The minimum absolute atomic E-state index is 0.569. The van der Waals surface area contributed by atoms with Gasteiger partial charge in [0.1, 0.15) is 0 Å². The van der Waals surface area contributed by atoms with Gasteiger partial charge in [-0.2, -0.15) is 5.10 Å². The molecule has 2 aromatic rings. The number of nitrogens with zero attached hydrogens (tertiary/aromatic N) is 2. The Hall–Kier alpha value is -1.61. The van der Waals surface area contributed by atoms with Crippen LogP contribution in [0, 0.1) is 13.8 Å². The average molecular weight is 263 g/mol. The summed E-state index contributed by atoms with van der Waals surface area (Å²) in [5.41, 5.74) is 4.52. The fraction of sp³-hybridized carbons (Fsp3) is 0.286. The van der Waals surface area contributed by atoms with E-state index in [9.17, 15) is 4.79 Å². The van der Waals surface area contributed by atoms with E-state index in [1.807, 2.05) is 31.5 Å². The molecule has 94 valence electrons. The van der Waals surface area contributed by atoms with E-state index in [4.69, 9.17) is 11.6 Å². The molecule has 0 N–H and O–H groups in total. The summed E-state index contributed by atoms with van der Waals surface area (Å²) in [5.74, 6) is 0. The number of aromatic nitrogens is 2. The van der Waals surface area contributed by atoms with Gasteiger partial charge in [-0.1, -0.05) is 17.7 Å². The molecule has 18 heavy (non-hydrogen) atoms. The number of rotatable bonds is 3. The molecule has 4 heteroatoms. The van der Waals surface area contributed by atoms with Crippen molar-refractivity contribution >= 4 is 17.9 Å². The van der Waals surface area contributed by atoms with Crippen molar-refractivity contribution in [3.63, 3.8) is 0 Å². The van der Waals surface area contributed by atoms with E-state index in [0.717, 1.165) is 35.3 Å². The summed E-state index contributed by atoms with van der Waals surface area (Å²) in [6.07, 6.45) is 0.837. The Labute approximate surface area is 111 Å². The third-order valence-electron chi connectivity index (χ3n) is 3.09. The Kier molecular flexibility index (Phi) is 3.53. The number of halogens is 1. The standard InChI is InChI=1S/C14H15ClN2O/c1-4-17-10(3)14(9(2)16-17)13-6-5-12(15)7-11(13)8-18/h5-8H,4H2,1-3H3. The molecule has 0 amide bonds. The number of hydrogen-bond acceptors (Lipinski definition) is 2. The molecule has 0 unspecified atom stereocenters. The van der Waals surface area contributed by atoms with E-state index < -0.39 is 0 Å². The van der Waals surface area contributed by atoms with Crippen LogP contribution in [0.15, 0.2) is 18.2 Å². The molecule has 0 saturated carbocycles. The maximum absolute atomic E-state index is 11.2. The molecule has 0 aliphatic heterocycles. The van der Waals surface area contributed by atoms with Gasteiger partial charge < -0.3 is 0 Å². The Morgan fingerprint density at radius 1 is 1.39 bits per heavy atom. The van der Waals surface area contributed by atoms with Crippen LogP contribution in [0.3, 0.4) is 0 Å². The first-order chi connectivity index (χ1) is 8.58. The summed E-state index contributed by atoms with van der Waals surface area (Å²) < 4.78 is 1.94. The lowest BCUT2D eigenvalue weighted by atomic mass is 9.99. The topological polar surface area (TPSA) is 34.9 Å². The van der Waals surface area contributed by atoms with Crippen molar-refractivity contribution in [3.05, 3.63) is 40.2 Å². The molecule has 0 spiro atoms. The summed E-state index contributed by atoms with van der Waals surface area (Å²) in [6.45, 7) is 6.84. The molecule has 0 radical (unpaired) electrons. The Morgan fingerprint density at radius 2 is 2.11 bits per heavy atom. The lowest BCUT2D eigenvalue weighted by molar-refractivity contribution is 0.112. The molecule has 1 aromatic heterocycles. The zero-order chi connectivity index (χ0) is 13.3. The first kappa shape index (κ1) is 12.8. The maximum Gasteiger partial charge on any atom is 0.150 e. The molecule has 0 aliphatic rings. The lowest BCUT2D eigenvalue weighted by Crippen LogP contribution is -1.99. The molecule has 0 saturated heterocycles. The molecule has 3 nitrogen and oxygen atoms in total. The first-order valence-corrected chi connectivity index (χ1v) is 6.25. The van der Waals surface area contributed by atoms with Gasteiger partial charge in [0.25, 0.3) is 0 Å². The summed E-state index contributed by atoms with van der Waals surface area (Å²) in [6, 6.07) is 5.36. The second-order valence-corrected chi connectivity index (χ2v) is 4.65. The third kappa shape index (κ3) is 2.06. The predicted molar refractivity (Wildman–Crippen MR) is 73.2 cm³/mol. The van der Waals surface area contributed by atoms with Crippen LogP contribution < -0.4 is 0 Å². The van der Waals surface area contributed by atoms with Crippen LogP contribution in [0.5, 0.6) is 0 Å². The highest BCUT2D eigenvalue weighted by molar-refractivity contribution is 6.31. The molecular formula is C14H15ClN2O. The van der Waals surface area contributed by atoms with Crippen molar-refractivity contribution < 1.29 is 4.79 Å². The summed E-state index contributed by atoms with van der Waals surface area (Å²) >= 11 is 5.92. The summed E-state index contributed by atoms with van der Waals surface area (Å²) in [4.78, 5) is 11.2. The number of benzene rings is 1. The van der Waals surface area contributed by atoms with E-state index in [0.29, 0.717) is 10.6 Å². The Bertz CT molecular complexity index is 602. The van der Waals surface area contributed by atoms with E-state index in [1.54, 1.807) is 12.1 Å². The highest BCUT2D eigenvalue weighted by Gasteiger charge is 2.15. The monoisotopic (exact) mass is 262 g/mol. The van der Waals surface area contributed by atoms with E-state index in [2.05, 4.69) is 5.10 Å². The zero-order valence-electron chi connectivity index (χ0n) is 10.7. The summed E-state index contributed by atoms with van der Waals surface area (Å²) in [5, 5.41) is 5.04. The highest BCUT2D eigenvalue weighted by atomic mass is 35.5. The van der Waals surface area contributed by atoms with Gasteiger partial charge >= 0.3 is 0 Å². The number of carbonyl (C=O) groups is 1. The van der Waals surface area contributed by atoms with Crippen molar-refractivity contribution in [1.82, 2.24) is 9.78 Å². The Morgan fingerprint density at radius 3 is 2.67 bits per heavy atom. The van der Waals surface area contributed by atoms with Crippen LogP contribution in [0.25, 0.3) is 11.1 Å². The number of hydrogen-bond donors (Lipinski definition) is 0. The number of aryl methyl sites for hydroxylation is 2. The molecule has 0 atom stereocenters. The van der Waals surface area contributed by atoms with Crippen LogP contribution in [0.1, 0.15) is 28.7 Å². The normalized spacial score (nSPS) is 10.7. The van der Waals surface area contributed by atoms with E-state index in [-0.39, 0.29) is 0 Å². The van der Waals surface area contributed by atoms with Crippen LogP contribution in [0.4, 0.5) is 0 Å². The molecule has 0 fully saturated rings. The predicted octanol–water partition coefficient (Wildman–Crippen LogP) is 3.65. The molecule has 0 aliphatic carbocycles. The zero-order valence-corrected chi connectivity index (χ0v) is 11.5. The third-order valence-corrected chi connectivity index (χ3v) is 3.33. The van der Waals surface area contributed by atoms with Gasteiger partial charge in [-0.15, -0.1) is 0 Å². The van der Waals surface area contributed by atoms with Crippen LogP contribution in [-0.2, 0) is 6.54 Å². The van der Waals surface area contributed by atoms with Crippen LogP contribution in [-0.4, -0.2) is 16.1 Å². The smallest absolute Gasteiger partial charge is 0.150 e. The second-order valence-electron chi connectivity index (χ2n) is 4.21. The second kappa shape index (κ2) is 4.94. The largest absolute Gasteiger partial charge is 0.298 e. The van der Waals surface area contributed by atoms with Gasteiger partial charge in [0.05, 0.1) is 5.69 Å². The quantitative estimate of drug-likeness (QED) is 0.792. The highest BCUT2D eigenvalue weighted by Crippen LogP contribution is 2.30. The van der Waals surface area contributed by atoms with Gasteiger partial charge in [-0.05, 0) is 38.5 Å². The van der Waals surface area contributed by atoms with Crippen molar-refractivity contribution in [1.29, 1.82) is 0 Å².